The topological polar surface area (TPSA) is 29.7 Å². The molecule has 0 bridgehead atoms. The molecule has 0 amide bonds. The SMILES string of the molecule is Cc1cc(C)c(C)c(-c2cc(-c3cnc(CC(C)C)nc3)c3ccccc3[n+]2C)c1. The number of rotatable bonds is 4. The highest BCUT2D eigenvalue weighted by molar-refractivity contribution is 5.94. The van der Waals surface area contributed by atoms with Gasteiger partial charge in [0.05, 0.1) is 5.39 Å². The minimum absolute atomic E-state index is 0.548. The van der Waals surface area contributed by atoms with Gasteiger partial charge in [0.15, 0.2) is 0 Å². The zero-order chi connectivity index (χ0) is 21.4. The van der Waals surface area contributed by atoms with Gasteiger partial charge in [0.2, 0.25) is 11.2 Å². The molecule has 3 nitrogen and oxygen atoms in total. The molecule has 2 aromatic heterocycles. The Bertz CT molecular complexity index is 1220. The Kier molecular flexibility index (Phi) is 5.38. The molecule has 0 saturated heterocycles. The molecule has 3 heteroatoms. The highest BCUT2D eigenvalue weighted by atomic mass is 14.9. The van der Waals surface area contributed by atoms with Gasteiger partial charge < -0.3 is 0 Å². The molecule has 0 atom stereocenters. The van der Waals surface area contributed by atoms with E-state index in [0.29, 0.717) is 5.92 Å². The maximum absolute atomic E-state index is 4.65. The molecule has 0 radical (unpaired) electrons. The average Bonchev–Trinajstić information content (AvgIpc) is 2.72. The summed E-state index contributed by atoms with van der Waals surface area (Å²) >= 11 is 0. The summed E-state index contributed by atoms with van der Waals surface area (Å²) in [7, 11) is 2.15. The van der Waals surface area contributed by atoms with Gasteiger partial charge in [0.25, 0.3) is 0 Å². The summed E-state index contributed by atoms with van der Waals surface area (Å²) in [6, 6.07) is 15.4. The van der Waals surface area contributed by atoms with Crippen LogP contribution in [0, 0.1) is 26.7 Å². The van der Waals surface area contributed by atoms with Gasteiger partial charge in [0, 0.05) is 47.6 Å². The zero-order valence-electron chi connectivity index (χ0n) is 18.8. The predicted octanol–water partition coefficient (Wildman–Crippen LogP) is 5.91. The van der Waals surface area contributed by atoms with Crippen molar-refractivity contribution in [2.45, 2.75) is 41.0 Å². The number of aromatic nitrogens is 3. The molecule has 0 aliphatic heterocycles. The molecule has 152 valence electrons. The van der Waals surface area contributed by atoms with Crippen LogP contribution in [0.4, 0.5) is 0 Å². The number of aryl methyl sites for hydroxylation is 3. The summed E-state index contributed by atoms with van der Waals surface area (Å²) in [5.74, 6) is 1.46. The minimum Gasteiger partial charge on any atom is -0.241 e. The molecule has 2 heterocycles. The van der Waals surface area contributed by atoms with Crippen molar-refractivity contribution in [1.82, 2.24) is 9.97 Å². The van der Waals surface area contributed by atoms with Gasteiger partial charge >= 0.3 is 0 Å². The third-order valence-electron chi connectivity index (χ3n) is 5.89. The Hall–Kier alpha value is -3.07. The summed E-state index contributed by atoms with van der Waals surface area (Å²) in [6.07, 6.45) is 4.85. The lowest BCUT2D eigenvalue weighted by Crippen LogP contribution is -2.32. The van der Waals surface area contributed by atoms with Crippen molar-refractivity contribution in [2.75, 3.05) is 0 Å². The van der Waals surface area contributed by atoms with Gasteiger partial charge in [-0.2, -0.15) is 4.57 Å². The van der Waals surface area contributed by atoms with Crippen LogP contribution in [-0.2, 0) is 13.5 Å². The molecule has 0 unspecified atom stereocenters. The van der Waals surface area contributed by atoms with Gasteiger partial charge in [-0.25, -0.2) is 9.97 Å². The van der Waals surface area contributed by atoms with E-state index in [0.717, 1.165) is 17.8 Å². The van der Waals surface area contributed by atoms with Gasteiger partial charge in [-0.1, -0.05) is 37.6 Å². The van der Waals surface area contributed by atoms with E-state index in [1.165, 1.54) is 44.4 Å². The Morgan fingerprint density at radius 2 is 1.60 bits per heavy atom. The Balaban J connectivity index is 1.96. The molecule has 0 aliphatic rings. The molecular weight excluding hydrogens is 366 g/mol. The highest BCUT2D eigenvalue weighted by Gasteiger charge is 2.21. The Morgan fingerprint density at radius 3 is 2.30 bits per heavy atom. The monoisotopic (exact) mass is 396 g/mol. The standard InChI is InChI=1S/C27H30N3/c1-17(2)11-27-28-15-21(16-29-27)24-14-26(23-13-18(3)12-19(4)20(23)5)30(6)25-10-8-7-9-22(24)25/h7-10,12-17H,11H2,1-6H3/q+1. The van der Waals surface area contributed by atoms with Crippen molar-refractivity contribution >= 4 is 10.9 Å². The highest BCUT2D eigenvalue weighted by Crippen LogP contribution is 2.32. The van der Waals surface area contributed by atoms with Gasteiger partial charge in [-0.15, -0.1) is 0 Å². The lowest BCUT2D eigenvalue weighted by molar-refractivity contribution is -0.633. The van der Waals surface area contributed by atoms with Crippen LogP contribution < -0.4 is 4.57 Å². The number of hydrogen-bond donors (Lipinski definition) is 0. The fourth-order valence-electron chi connectivity index (χ4n) is 4.20. The molecule has 30 heavy (non-hydrogen) atoms. The average molecular weight is 397 g/mol. The largest absolute Gasteiger partial charge is 0.241 e. The second-order valence-electron chi connectivity index (χ2n) is 8.76. The molecule has 4 aromatic rings. The van der Waals surface area contributed by atoms with Crippen molar-refractivity contribution in [3.8, 4) is 22.4 Å². The first-order chi connectivity index (χ1) is 14.3. The third-order valence-corrected chi connectivity index (χ3v) is 5.89. The van der Waals surface area contributed by atoms with Crippen molar-refractivity contribution < 1.29 is 4.57 Å². The molecule has 0 saturated carbocycles. The minimum atomic E-state index is 0.548. The first-order valence-corrected chi connectivity index (χ1v) is 10.7. The maximum Gasteiger partial charge on any atom is 0.213 e. The molecule has 0 spiro atoms. The quantitative estimate of drug-likeness (QED) is 0.401. The molecule has 4 rings (SSSR count). The lowest BCUT2D eigenvalue weighted by Gasteiger charge is -2.13. The zero-order valence-corrected chi connectivity index (χ0v) is 18.8. The van der Waals surface area contributed by atoms with Crippen LogP contribution in [0.1, 0.15) is 36.4 Å². The maximum atomic E-state index is 4.65. The first-order valence-electron chi connectivity index (χ1n) is 10.7. The Labute approximate surface area is 179 Å². The van der Waals surface area contributed by atoms with Crippen molar-refractivity contribution in [3.05, 3.63) is 77.4 Å². The van der Waals surface area contributed by atoms with Gasteiger partial charge in [-0.05, 0) is 49.9 Å². The van der Waals surface area contributed by atoms with Gasteiger partial charge in [0.1, 0.15) is 12.9 Å². The molecule has 2 aromatic carbocycles. The van der Waals surface area contributed by atoms with E-state index < -0.39 is 0 Å². The van der Waals surface area contributed by atoms with E-state index in [9.17, 15) is 0 Å². The number of fused-ring (bicyclic) bond motifs is 1. The van der Waals surface area contributed by atoms with E-state index in [1.807, 2.05) is 12.4 Å². The van der Waals surface area contributed by atoms with Crippen LogP contribution >= 0.6 is 0 Å². The van der Waals surface area contributed by atoms with E-state index in [-0.39, 0.29) is 0 Å². The first kappa shape index (κ1) is 20.2. The van der Waals surface area contributed by atoms with Crippen LogP contribution in [-0.4, -0.2) is 9.97 Å². The second kappa shape index (κ2) is 7.98. The Morgan fingerprint density at radius 1 is 0.900 bits per heavy atom. The molecular formula is C27H30N3+. The summed E-state index contributed by atoms with van der Waals surface area (Å²) in [4.78, 5) is 9.31. The van der Waals surface area contributed by atoms with Crippen LogP contribution in [0.2, 0.25) is 0 Å². The fraction of sp³-hybridized carbons (Fsp3) is 0.296. The number of para-hydroxylation sites is 1. The number of hydrogen-bond acceptors (Lipinski definition) is 2. The van der Waals surface area contributed by atoms with Crippen LogP contribution in [0.15, 0.2) is 54.9 Å². The summed E-state index contributed by atoms with van der Waals surface area (Å²) in [5.41, 5.74) is 9.84. The van der Waals surface area contributed by atoms with Crippen LogP contribution in [0.5, 0.6) is 0 Å². The lowest BCUT2D eigenvalue weighted by atomic mass is 9.94. The van der Waals surface area contributed by atoms with E-state index in [4.69, 9.17) is 0 Å². The van der Waals surface area contributed by atoms with E-state index in [2.05, 4.69) is 98.7 Å². The molecule has 0 fully saturated rings. The van der Waals surface area contributed by atoms with E-state index >= 15 is 0 Å². The third kappa shape index (κ3) is 3.72. The molecule has 0 aliphatic carbocycles. The predicted molar refractivity (Wildman–Crippen MR) is 124 cm³/mol. The van der Waals surface area contributed by atoms with Crippen LogP contribution in [0.3, 0.4) is 0 Å². The number of benzene rings is 2. The van der Waals surface area contributed by atoms with Gasteiger partial charge in [-0.3, -0.25) is 0 Å². The summed E-state index contributed by atoms with van der Waals surface area (Å²) < 4.78 is 2.30. The second-order valence-corrected chi connectivity index (χ2v) is 8.76. The normalized spacial score (nSPS) is 11.4. The van der Waals surface area contributed by atoms with Crippen molar-refractivity contribution in [3.63, 3.8) is 0 Å². The fourth-order valence-corrected chi connectivity index (χ4v) is 4.20. The number of nitrogens with zero attached hydrogens (tertiary/aromatic N) is 3. The summed E-state index contributed by atoms with van der Waals surface area (Å²) in [5, 5.41) is 1.21. The van der Waals surface area contributed by atoms with Crippen molar-refractivity contribution in [1.29, 1.82) is 0 Å². The number of pyridine rings is 1. The van der Waals surface area contributed by atoms with E-state index in [1.54, 1.807) is 0 Å². The van der Waals surface area contributed by atoms with Crippen LogP contribution in [0.25, 0.3) is 33.3 Å². The van der Waals surface area contributed by atoms with Crippen molar-refractivity contribution in [2.24, 2.45) is 13.0 Å². The molecule has 0 N–H and O–H groups in total. The summed E-state index contributed by atoms with van der Waals surface area (Å²) in [6.45, 7) is 11.0. The smallest absolute Gasteiger partial charge is 0.213 e.